The van der Waals surface area contributed by atoms with Gasteiger partial charge in [0.05, 0.1) is 12.2 Å². The minimum atomic E-state index is -0.105. The number of aromatic nitrogens is 4. The number of carbonyl (C=O) groups is 1. The van der Waals surface area contributed by atoms with Gasteiger partial charge in [-0.3, -0.25) is 9.48 Å². The summed E-state index contributed by atoms with van der Waals surface area (Å²) in [5.74, 6) is 0.517. The topological polar surface area (TPSA) is 72.7 Å². The summed E-state index contributed by atoms with van der Waals surface area (Å²) in [5, 5.41) is 7.37. The Kier molecular flexibility index (Phi) is 4.44. The number of hydrogen-bond donors (Lipinski definition) is 1. The van der Waals surface area contributed by atoms with Crippen molar-refractivity contribution in [1.29, 1.82) is 0 Å². The van der Waals surface area contributed by atoms with Crippen molar-refractivity contribution in [1.82, 2.24) is 25.1 Å². The van der Waals surface area contributed by atoms with Gasteiger partial charge >= 0.3 is 0 Å². The molecule has 29 heavy (non-hydrogen) atoms. The van der Waals surface area contributed by atoms with E-state index in [1.807, 2.05) is 30.3 Å². The predicted molar refractivity (Wildman–Crippen MR) is 114 cm³/mol. The van der Waals surface area contributed by atoms with Gasteiger partial charge in [0, 0.05) is 22.8 Å². The van der Waals surface area contributed by atoms with E-state index in [2.05, 4.69) is 55.6 Å². The van der Waals surface area contributed by atoms with Gasteiger partial charge in [-0.1, -0.05) is 46.3 Å². The minimum absolute atomic E-state index is 0.105. The molecule has 142 valence electrons. The normalized spacial score (nSPS) is 13.1. The lowest BCUT2D eigenvalue weighted by molar-refractivity contribution is 0.0924. The number of halogens is 1. The van der Waals surface area contributed by atoms with Crippen molar-refractivity contribution in [2.75, 3.05) is 6.54 Å². The molecule has 0 unspecified atom stereocenters. The summed E-state index contributed by atoms with van der Waals surface area (Å²) >= 11 is 3.47. The molecule has 0 saturated heterocycles. The molecule has 0 radical (unpaired) electrons. The van der Waals surface area contributed by atoms with E-state index in [1.54, 1.807) is 16.9 Å². The first-order chi connectivity index (χ1) is 14.2. The number of fused-ring (bicyclic) bond motifs is 1. The lowest BCUT2D eigenvalue weighted by Crippen LogP contribution is -2.35. The third-order valence-electron chi connectivity index (χ3n) is 4.84. The first-order valence-corrected chi connectivity index (χ1v) is 10.0. The number of nitrogens with zero attached hydrogens (tertiary/aromatic N) is 4. The smallest absolute Gasteiger partial charge is 0.269 e. The van der Waals surface area contributed by atoms with E-state index in [4.69, 9.17) is 4.98 Å². The van der Waals surface area contributed by atoms with E-state index in [0.29, 0.717) is 36.0 Å². The molecule has 0 fully saturated rings. The molecule has 1 N–H and O–H groups in total. The van der Waals surface area contributed by atoms with Crippen LogP contribution in [0.3, 0.4) is 0 Å². The largest absolute Gasteiger partial charge is 0.349 e. The molecule has 0 spiro atoms. The van der Waals surface area contributed by atoms with E-state index < -0.39 is 0 Å². The van der Waals surface area contributed by atoms with Gasteiger partial charge < -0.3 is 5.32 Å². The molecule has 1 aliphatic rings. The average Bonchev–Trinajstić information content (AvgIpc) is 3.20. The first kappa shape index (κ1) is 17.8. The highest BCUT2D eigenvalue weighted by atomic mass is 79.9. The second kappa shape index (κ2) is 7.25. The fraction of sp³-hybridized carbons (Fsp3) is 0.0909. The van der Waals surface area contributed by atoms with E-state index >= 15 is 0 Å². The van der Waals surface area contributed by atoms with Crippen LogP contribution in [-0.4, -0.2) is 32.2 Å². The van der Waals surface area contributed by atoms with Crippen LogP contribution in [0, 0.1) is 0 Å². The molecule has 1 amide bonds. The van der Waals surface area contributed by atoms with E-state index in [-0.39, 0.29) is 5.91 Å². The summed E-state index contributed by atoms with van der Waals surface area (Å²) in [5.41, 5.74) is 5.07. The van der Waals surface area contributed by atoms with Crippen molar-refractivity contribution in [3.63, 3.8) is 0 Å². The third kappa shape index (κ3) is 3.45. The first-order valence-electron chi connectivity index (χ1n) is 9.23. The number of hydrogen-bond acceptors (Lipinski definition) is 4. The van der Waals surface area contributed by atoms with E-state index in [1.165, 1.54) is 0 Å². The summed E-state index contributed by atoms with van der Waals surface area (Å²) in [4.78, 5) is 21.2. The van der Waals surface area contributed by atoms with Gasteiger partial charge in [0.1, 0.15) is 11.4 Å². The quantitative estimate of drug-likeness (QED) is 0.513. The molecular weight excluding hydrogens is 430 g/mol. The van der Waals surface area contributed by atoms with E-state index in [0.717, 1.165) is 21.2 Å². The number of rotatable bonds is 3. The summed E-state index contributed by atoms with van der Waals surface area (Å²) in [6.45, 7) is 1.25. The van der Waals surface area contributed by atoms with Crippen molar-refractivity contribution in [2.45, 2.75) is 6.54 Å². The molecular formula is C22H16BrN5O. The molecule has 3 heterocycles. The van der Waals surface area contributed by atoms with Crippen LogP contribution in [0.15, 0.2) is 71.3 Å². The van der Waals surface area contributed by atoms with Crippen LogP contribution in [0.4, 0.5) is 0 Å². The SMILES string of the molecule is O=C1NCCn2nc(-c3ccnc(-c4cccc(-c5ccc(Br)cc5)c4)n3)cc21. The highest BCUT2D eigenvalue weighted by molar-refractivity contribution is 9.10. The Labute approximate surface area is 175 Å². The van der Waals surface area contributed by atoms with Gasteiger partial charge in [-0.2, -0.15) is 5.10 Å². The van der Waals surface area contributed by atoms with Gasteiger partial charge in [0.2, 0.25) is 0 Å². The van der Waals surface area contributed by atoms with Gasteiger partial charge in [0.25, 0.3) is 5.91 Å². The summed E-state index contributed by atoms with van der Waals surface area (Å²) in [6, 6.07) is 19.9. The monoisotopic (exact) mass is 445 g/mol. The van der Waals surface area contributed by atoms with Crippen LogP contribution in [0.1, 0.15) is 10.5 Å². The zero-order valence-corrected chi connectivity index (χ0v) is 16.9. The maximum Gasteiger partial charge on any atom is 0.269 e. The summed E-state index contributed by atoms with van der Waals surface area (Å²) in [7, 11) is 0. The molecule has 0 saturated carbocycles. The molecule has 2 aromatic heterocycles. The number of nitrogens with one attached hydrogen (secondary N) is 1. The van der Waals surface area contributed by atoms with Crippen molar-refractivity contribution < 1.29 is 4.79 Å². The van der Waals surface area contributed by atoms with Crippen molar-refractivity contribution in [3.8, 4) is 33.9 Å². The Morgan fingerprint density at radius 3 is 2.59 bits per heavy atom. The highest BCUT2D eigenvalue weighted by Gasteiger charge is 2.20. The average molecular weight is 446 g/mol. The molecule has 7 heteroatoms. The molecule has 0 aliphatic carbocycles. The van der Waals surface area contributed by atoms with Crippen LogP contribution in [0.5, 0.6) is 0 Å². The maximum absolute atomic E-state index is 12.0. The standard InChI is InChI=1S/C22H16BrN5O/c23-17-6-4-14(5-7-17)15-2-1-3-16(12-15)21-24-9-8-18(26-21)19-13-20-22(29)25-10-11-28(20)27-19/h1-9,12-13H,10-11H2,(H,25,29). The van der Waals surface area contributed by atoms with Crippen LogP contribution < -0.4 is 5.32 Å². The fourth-order valence-corrected chi connectivity index (χ4v) is 3.65. The lowest BCUT2D eigenvalue weighted by atomic mass is 10.0. The second-order valence-corrected chi connectivity index (χ2v) is 7.66. The molecule has 1 aliphatic heterocycles. The lowest BCUT2D eigenvalue weighted by Gasteiger charge is -2.13. The molecule has 5 rings (SSSR count). The Morgan fingerprint density at radius 2 is 1.76 bits per heavy atom. The zero-order valence-electron chi connectivity index (χ0n) is 15.3. The molecule has 0 bridgehead atoms. The molecule has 6 nitrogen and oxygen atoms in total. The number of carbonyl (C=O) groups excluding carboxylic acids is 1. The third-order valence-corrected chi connectivity index (χ3v) is 5.37. The van der Waals surface area contributed by atoms with Crippen LogP contribution in [-0.2, 0) is 6.54 Å². The summed E-state index contributed by atoms with van der Waals surface area (Å²) in [6.07, 6.45) is 1.72. The van der Waals surface area contributed by atoms with Crippen molar-refractivity contribution >= 4 is 21.8 Å². The van der Waals surface area contributed by atoms with Gasteiger partial charge in [-0.25, -0.2) is 9.97 Å². The van der Waals surface area contributed by atoms with Gasteiger partial charge in [-0.15, -0.1) is 0 Å². The van der Waals surface area contributed by atoms with Gasteiger partial charge in [0.15, 0.2) is 5.82 Å². The summed E-state index contributed by atoms with van der Waals surface area (Å²) < 4.78 is 2.77. The van der Waals surface area contributed by atoms with Crippen LogP contribution in [0.25, 0.3) is 33.9 Å². The van der Waals surface area contributed by atoms with E-state index in [9.17, 15) is 4.79 Å². The molecule has 2 aromatic carbocycles. The molecule has 0 atom stereocenters. The Hall–Kier alpha value is -3.32. The van der Waals surface area contributed by atoms with Crippen LogP contribution in [0.2, 0.25) is 0 Å². The van der Waals surface area contributed by atoms with Crippen LogP contribution >= 0.6 is 15.9 Å². The second-order valence-electron chi connectivity index (χ2n) is 6.75. The zero-order chi connectivity index (χ0) is 19.8. The Morgan fingerprint density at radius 1 is 0.931 bits per heavy atom. The number of benzene rings is 2. The highest BCUT2D eigenvalue weighted by Crippen LogP contribution is 2.27. The molecule has 4 aromatic rings. The van der Waals surface area contributed by atoms with Gasteiger partial charge in [-0.05, 0) is 41.5 Å². The fourth-order valence-electron chi connectivity index (χ4n) is 3.38. The Bertz CT molecular complexity index is 1220. The minimum Gasteiger partial charge on any atom is -0.349 e. The predicted octanol–water partition coefficient (Wildman–Crippen LogP) is 4.18. The van der Waals surface area contributed by atoms with Crippen molar-refractivity contribution in [2.24, 2.45) is 0 Å². The Balaban J connectivity index is 1.51. The van der Waals surface area contributed by atoms with Crippen molar-refractivity contribution in [3.05, 3.63) is 77.0 Å². The number of amides is 1. The maximum atomic E-state index is 12.0.